The largest absolute Gasteiger partial charge is 0.494 e. The molecule has 156 valence electrons. The lowest BCUT2D eigenvalue weighted by molar-refractivity contribution is 0.0950. The summed E-state index contributed by atoms with van der Waals surface area (Å²) in [7, 11) is -3.58. The van der Waals surface area contributed by atoms with Gasteiger partial charge in [-0.25, -0.2) is 8.42 Å². The molecular weight excluding hydrogens is 388 g/mol. The molecule has 6 nitrogen and oxygen atoms in total. The first-order valence-corrected chi connectivity index (χ1v) is 11.5. The number of hydrogen-bond donors (Lipinski definition) is 1. The van der Waals surface area contributed by atoms with E-state index in [0.29, 0.717) is 31.8 Å². The highest BCUT2D eigenvalue weighted by Gasteiger charge is 2.27. The van der Waals surface area contributed by atoms with Crippen LogP contribution in [0, 0.1) is 6.92 Å². The van der Waals surface area contributed by atoms with Crippen molar-refractivity contribution in [3.8, 4) is 5.75 Å². The van der Waals surface area contributed by atoms with Crippen LogP contribution < -0.4 is 10.1 Å². The van der Waals surface area contributed by atoms with E-state index in [4.69, 9.17) is 4.74 Å². The summed E-state index contributed by atoms with van der Waals surface area (Å²) >= 11 is 0. The predicted molar refractivity (Wildman–Crippen MR) is 113 cm³/mol. The number of carbonyl (C=O) groups excluding carboxylic acids is 1. The van der Waals surface area contributed by atoms with E-state index in [0.717, 1.165) is 36.1 Å². The predicted octanol–water partition coefficient (Wildman–Crippen LogP) is 3.50. The van der Waals surface area contributed by atoms with Crippen molar-refractivity contribution in [3.05, 3.63) is 59.2 Å². The van der Waals surface area contributed by atoms with Crippen molar-refractivity contribution in [1.29, 1.82) is 0 Å². The molecule has 7 heteroatoms. The zero-order chi connectivity index (χ0) is 20.9. The summed E-state index contributed by atoms with van der Waals surface area (Å²) in [5.41, 5.74) is 1.98. The van der Waals surface area contributed by atoms with Crippen LogP contribution in [0.2, 0.25) is 0 Å². The zero-order valence-corrected chi connectivity index (χ0v) is 17.8. The number of nitrogens with zero attached hydrogens (tertiary/aromatic N) is 1. The van der Waals surface area contributed by atoms with E-state index < -0.39 is 10.0 Å². The fraction of sp³-hybridized carbons (Fsp3) is 0.409. The monoisotopic (exact) mass is 416 g/mol. The van der Waals surface area contributed by atoms with Crippen LogP contribution in [0.3, 0.4) is 0 Å². The quantitative estimate of drug-likeness (QED) is 0.750. The summed E-state index contributed by atoms with van der Waals surface area (Å²) in [4.78, 5) is 13.0. The summed E-state index contributed by atoms with van der Waals surface area (Å²) in [6, 6.07) is 12.3. The Morgan fingerprint density at radius 2 is 1.83 bits per heavy atom. The van der Waals surface area contributed by atoms with Crippen LogP contribution in [-0.2, 0) is 16.6 Å². The number of piperidine rings is 1. The molecule has 29 heavy (non-hydrogen) atoms. The first-order chi connectivity index (χ1) is 13.9. The lowest BCUT2D eigenvalue weighted by atomic mass is 10.1. The molecule has 3 rings (SSSR count). The molecule has 0 radical (unpaired) electrons. The second-order valence-corrected chi connectivity index (χ2v) is 9.10. The van der Waals surface area contributed by atoms with Crippen LogP contribution in [0.25, 0.3) is 0 Å². The molecule has 2 aromatic rings. The Kier molecular flexibility index (Phi) is 6.92. The fourth-order valence-corrected chi connectivity index (χ4v) is 5.02. The molecule has 1 aliphatic rings. The maximum atomic E-state index is 12.9. The Morgan fingerprint density at radius 3 is 2.55 bits per heavy atom. The summed E-state index contributed by atoms with van der Waals surface area (Å²) in [5.74, 6) is 0.429. The summed E-state index contributed by atoms with van der Waals surface area (Å²) in [6.45, 7) is 5.63. The number of sulfonamides is 1. The molecule has 2 aromatic carbocycles. The molecule has 1 fully saturated rings. The first kappa shape index (κ1) is 21.3. The highest BCUT2D eigenvalue weighted by molar-refractivity contribution is 7.89. The van der Waals surface area contributed by atoms with Gasteiger partial charge in [-0.1, -0.05) is 30.7 Å². The average molecular weight is 417 g/mol. The molecule has 1 aliphatic heterocycles. The number of nitrogens with one attached hydrogen (secondary N) is 1. The SMILES string of the molecule is CCOc1ccccc1CNC(=O)c1cc(S(=O)(=O)N2CCCCC2)ccc1C. The number of para-hydroxylation sites is 1. The lowest BCUT2D eigenvalue weighted by Crippen LogP contribution is -2.35. The van der Waals surface area contributed by atoms with E-state index in [-0.39, 0.29) is 10.8 Å². The molecule has 0 aromatic heterocycles. The second-order valence-electron chi connectivity index (χ2n) is 7.16. The number of amides is 1. The van der Waals surface area contributed by atoms with Crippen molar-refractivity contribution in [1.82, 2.24) is 9.62 Å². The molecule has 0 atom stereocenters. The first-order valence-electron chi connectivity index (χ1n) is 10.0. The summed E-state index contributed by atoms with van der Waals surface area (Å²) < 4.78 is 33.0. The Bertz CT molecular complexity index is 967. The van der Waals surface area contributed by atoms with Gasteiger partial charge in [0.05, 0.1) is 11.5 Å². The van der Waals surface area contributed by atoms with Crippen molar-refractivity contribution in [2.24, 2.45) is 0 Å². The second kappa shape index (κ2) is 9.41. The fourth-order valence-electron chi connectivity index (χ4n) is 3.48. The number of ether oxygens (including phenoxy) is 1. The van der Waals surface area contributed by atoms with Gasteiger partial charge in [0.1, 0.15) is 5.75 Å². The van der Waals surface area contributed by atoms with Crippen molar-refractivity contribution < 1.29 is 17.9 Å². The van der Waals surface area contributed by atoms with Gasteiger partial charge in [-0.3, -0.25) is 4.79 Å². The van der Waals surface area contributed by atoms with E-state index in [1.807, 2.05) is 31.2 Å². The van der Waals surface area contributed by atoms with Crippen molar-refractivity contribution >= 4 is 15.9 Å². The van der Waals surface area contributed by atoms with Gasteiger partial charge in [-0.15, -0.1) is 0 Å². The highest BCUT2D eigenvalue weighted by Crippen LogP contribution is 2.23. The van der Waals surface area contributed by atoms with E-state index in [9.17, 15) is 13.2 Å². The number of benzene rings is 2. The lowest BCUT2D eigenvalue weighted by Gasteiger charge is -2.26. The van der Waals surface area contributed by atoms with Gasteiger partial charge in [-0.05, 0) is 50.5 Å². The van der Waals surface area contributed by atoms with Crippen LogP contribution in [0.4, 0.5) is 0 Å². The molecule has 0 aliphatic carbocycles. The normalized spacial score (nSPS) is 15.1. The van der Waals surface area contributed by atoms with Gasteiger partial charge in [0.2, 0.25) is 10.0 Å². The molecular formula is C22H28N2O4S. The smallest absolute Gasteiger partial charge is 0.251 e. The minimum Gasteiger partial charge on any atom is -0.494 e. The molecule has 0 saturated carbocycles. The minimum absolute atomic E-state index is 0.171. The van der Waals surface area contributed by atoms with E-state index in [1.165, 1.54) is 10.4 Å². The minimum atomic E-state index is -3.58. The molecule has 0 bridgehead atoms. The van der Waals surface area contributed by atoms with Crippen molar-refractivity contribution in [3.63, 3.8) is 0 Å². The van der Waals surface area contributed by atoms with Crippen molar-refractivity contribution in [2.75, 3.05) is 19.7 Å². The molecule has 0 spiro atoms. The van der Waals surface area contributed by atoms with Crippen LogP contribution >= 0.6 is 0 Å². The van der Waals surface area contributed by atoms with Gasteiger partial charge >= 0.3 is 0 Å². The zero-order valence-electron chi connectivity index (χ0n) is 17.0. The Hall–Kier alpha value is -2.38. The van der Waals surface area contributed by atoms with E-state index in [1.54, 1.807) is 19.1 Å². The molecule has 1 N–H and O–H groups in total. The average Bonchev–Trinajstić information content (AvgIpc) is 2.74. The third-order valence-corrected chi connectivity index (χ3v) is 7.01. The van der Waals surface area contributed by atoms with Crippen LogP contribution in [0.5, 0.6) is 5.75 Å². The van der Waals surface area contributed by atoms with Crippen LogP contribution in [0.1, 0.15) is 47.7 Å². The maximum Gasteiger partial charge on any atom is 0.251 e. The Labute approximate surface area is 172 Å². The molecule has 1 saturated heterocycles. The molecule has 1 heterocycles. The summed E-state index contributed by atoms with van der Waals surface area (Å²) in [6.07, 6.45) is 2.80. The van der Waals surface area contributed by atoms with Crippen LogP contribution in [-0.4, -0.2) is 38.3 Å². The van der Waals surface area contributed by atoms with E-state index in [2.05, 4.69) is 5.32 Å². The van der Waals surface area contributed by atoms with Gasteiger partial charge in [0, 0.05) is 30.8 Å². The standard InChI is InChI=1S/C22H28N2O4S/c1-3-28-21-10-6-5-9-18(21)16-23-22(25)20-15-19(12-11-17(20)2)29(26,27)24-13-7-4-8-14-24/h5-6,9-12,15H,3-4,7-8,13-14,16H2,1-2H3,(H,23,25). The molecule has 0 unspecified atom stereocenters. The summed E-state index contributed by atoms with van der Waals surface area (Å²) in [5, 5.41) is 2.89. The maximum absolute atomic E-state index is 12.9. The topological polar surface area (TPSA) is 75.7 Å². The van der Waals surface area contributed by atoms with Crippen LogP contribution in [0.15, 0.2) is 47.4 Å². The Morgan fingerprint density at radius 1 is 1.10 bits per heavy atom. The van der Waals surface area contributed by atoms with Gasteiger partial charge < -0.3 is 10.1 Å². The van der Waals surface area contributed by atoms with Gasteiger partial charge in [0.15, 0.2) is 0 Å². The van der Waals surface area contributed by atoms with Crippen molar-refractivity contribution in [2.45, 2.75) is 44.6 Å². The Balaban J connectivity index is 1.78. The number of rotatable bonds is 7. The highest BCUT2D eigenvalue weighted by atomic mass is 32.2. The number of aryl methyl sites for hydroxylation is 1. The van der Waals surface area contributed by atoms with E-state index >= 15 is 0 Å². The van der Waals surface area contributed by atoms with Gasteiger partial charge in [-0.2, -0.15) is 4.31 Å². The number of hydrogen-bond acceptors (Lipinski definition) is 4. The van der Waals surface area contributed by atoms with Gasteiger partial charge in [0.25, 0.3) is 5.91 Å². The number of carbonyl (C=O) groups is 1. The molecule has 1 amide bonds. The third kappa shape index (κ3) is 4.97. The third-order valence-electron chi connectivity index (χ3n) is 5.12.